The number of H-pyrrole nitrogens is 1. The highest BCUT2D eigenvalue weighted by Gasteiger charge is 2.12. The van der Waals surface area contributed by atoms with Gasteiger partial charge in [-0.3, -0.25) is 9.89 Å². The molecule has 2 N–H and O–H groups in total. The van der Waals surface area contributed by atoms with Gasteiger partial charge in [-0.15, -0.1) is 0 Å². The summed E-state index contributed by atoms with van der Waals surface area (Å²) in [7, 11) is 3.15. The van der Waals surface area contributed by atoms with Gasteiger partial charge in [0.2, 0.25) is 0 Å². The van der Waals surface area contributed by atoms with Gasteiger partial charge >= 0.3 is 0 Å². The second-order valence-electron chi connectivity index (χ2n) is 6.94. The van der Waals surface area contributed by atoms with Crippen molar-refractivity contribution in [2.24, 2.45) is 5.10 Å². The molecule has 3 aromatic carbocycles. The largest absolute Gasteiger partial charge is 0.493 e. The van der Waals surface area contributed by atoms with Gasteiger partial charge in [0, 0.05) is 11.1 Å². The number of hydrogen-bond acceptors (Lipinski definition) is 5. The first-order chi connectivity index (χ1) is 15.1. The van der Waals surface area contributed by atoms with Crippen molar-refractivity contribution in [1.82, 2.24) is 15.6 Å². The molecule has 4 rings (SSSR count). The SMILES string of the molecule is COc1ccc(/C(C)=N/NC(=O)c2cc(-c3ccc4ccccc4c3)n[nH]2)cc1OC. The van der Waals surface area contributed by atoms with Gasteiger partial charge in [-0.2, -0.15) is 10.2 Å². The number of benzene rings is 3. The van der Waals surface area contributed by atoms with Crippen LogP contribution < -0.4 is 14.9 Å². The lowest BCUT2D eigenvalue weighted by molar-refractivity contribution is 0.0950. The summed E-state index contributed by atoms with van der Waals surface area (Å²) in [5.74, 6) is 0.843. The molecule has 156 valence electrons. The van der Waals surface area contributed by atoms with Crippen LogP contribution in [0.4, 0.5) is 0 Å². The number of nitrogens with one attached hydrogen (secondary N) is 2. The predicted molar refractivity (Wildman–Crippen MR) is 121 cm³/mol. The molecule has 1 heterocycles. The highest BCUT2D eigenvalue weighted by atomic mass is 16.5. The highest BCUT2D eigenvalue weighted by molar-refractivity contribution is 6.01. The summed E-state index contributed by atoms with van der Waals surface area (Å²) in [6.45, 7) is 1.80. The number of fused-ring (bicyclic) bond motifs is 1. The standard InChI is InChI=1S/C24H22N4O3/c1-15(17-10-11-22(30-2)23(13-17)31-3)25-28-24(29)21-14-20(26-27-21)19-9-8-16-6-4-5-7-18(16)12-19/h4-14H,1-3H3,(H,26,27)(H,28,29)/b25-15+. The Morgan fingerprint density at radius 1 is 0.935 bits per heavy atom. The van der Waals surface area contributed by atoms with E-state index in [9.17, 15) is 4.79 Å². The molecular formula is C24H22N4O3. The second-order valence-corrected chi connectivity index (χ2v) is 6.94. The van der Waals surface area contributed by atoms with Crippen molar-refractivity contribution in [3.8, 4) is 22.8 Å². The zero-order valence-electron chi connectivity index (χ0n) is 17.5. The summed E-state index contributed by atoms with van der Waals surface area (Å²) in [5.41, 5.74) is 5.94. The molecule has 0 saturated heterocycles. The maximum absolute atomic E-state index is 12.5. The summed E-state index contributed by atoms with van der Waals surface area (Å²) in [6, 6.07) is 21.3. The fourth-order valence-corrected chi connectivity index (χ4v) is 3.26. The van der Waals surface area contributed by atoms with Crippen molar-refractivity contribution < 1.29 is 14.3 Å². The molecule has 31 heavy (non-hydrogen) atoms. The molecule has 0 aliphatic heterocycles. The summed E-state index contributed by atoms with van der Waals surface area (Å²) >= 11 is 0. The molecule has 0 bridgehead atoms. The van der Waals surface area contributed by atoms with E-state index in [-0.39, 0.29) is 5.91 Å². The van der Waals surface area contributed by atoms with Gasteiger partial charge in [0.25, 0.3) is 5.91 Å². The van der Waals surface area contributed by atoms with Crippen LogP contribution in [0.25, 0.3) is 22.0 Å². The molecule has 7 nitrogen and oxygen atoms in total. The number of methoxy groups -OCH3 is 2. The van der Waals surface area contributed by atoms with Gasteiger partial charge in [0.1, 0.15) is 5.69 Å². The first-order valence-electron chi connectivity index (χ1n) is 9.70. The smallest absolute Gasteiger partial charge is 0.289 e. The minimum atomic E-state index is -0.376. The Hall–Kier alpha value is -4.13. The number of aromatic nitrogens is 2. The number of carbonyl (C=O) groups is 1. The van der Waals surface area contributed by atoms with E-state index in [0.717, 1.165) is 21.9 Å². The first kappa shape index (κ1) is 20.2. The average Bonchev–Trinajstić information content (AvgIpc) is 3.32. The lowest BCUT2D eigenvalue weighted by Crippen LogP contribution is -2.19. The van der Waals surface area contributed by atoms with E-state index in [4.69, 9.17) is 9.47 Å². The lowest BCUT2D eigenvalue weighted by atomic mass is 10.1. The third-order valence-electron chi connectivity index (χ3n) is 4.99. The molecule has 0 saturated carbocycles. The van der Waals surface area contributed by atoms with Crippen LogP contribution in [0.15, 0.2) is 71.8 Å². The number of ether oxygens (including phenoxy) is 2. The second kappa shape index (κ2) is 8.71. The maximum Gasteiger partial charge on any atom is 0.289 e. The molecule has 0 radical (unpaired) electrons. The quantitative estimate of drug-likeness (QED) is 0.362. The van der Waals surface area contributed by atoms with E-state index in [2.05, 4.69) is 26.8 Å². The van der Waals surface area contributed by atoms with Crippen molar-refractivity contribution in [3.05, 3.63) is 78.0 Å². The van der Waals surface area contributed by atoms with E-state index in [0.29, 0.717) is 28.6 Å². The van der Waals surface area contributed by atoms with E-state index in [1.54, 1.807) is 39.3 Å². The van der Waals surface area contributed by atoms with Crippen molar-refractivity contribution >= 4 is 22.4 Å². The number of rotatable bonds is 6. The topological polar surface area (TPSA) is 88.6 Å². The summed E-state index contributed by atoms with van der Waals surface area (Å²) < 4.78 is 10.6. The van der Waals surface area contributed by atoms with Crippen LogP contribution in [-0.4, -0.2) is 36.0 Å². The van der Waals surface area contributed by atoms with E-state index >= 15 is 0 Å². The van der Waals surface area contributed by atoms with Gasteiger partial charge in [-0.05, 0) is 48.0 Å². The average molecular weight is 414 g/mol. The number of amides is 1. The molecule has 0 spiro atoms. The van der Waals surface area contributed by atoms with E-state index in [1.807, 2.05) is 42.5 Å². The number of carbonyl (C=O) groups excluding carboxylic acids is 1. The van der Waals surface area contributed by atoms with Gasteiger partial charge < -0.3 is 9.47 Å². The number of hydrogen-bond donors (Lipinski definition) is 2. The number of aromatic amines is 1. The van der Waals surface area contributed by atoms with Crippen molar-refractivity contribution in [1.29, 1.82) is 0 Å². The third kappa shape index (κ3) is 4.25. The molecule has 1 amide bonds. The molecule has 1 aromatic heterocycles. The zero-order chi connectivity index (χ0) is 21.8. The molecule has 4 aromatic rings. The summed E-state index contributed by atoms with van der Waals surface area (Å²) in [5, 5.41) is 13.5. The van der Waals surface area contributed by atoms with Crippen LogP contribution in [-0.2, 0) is 0 Å². The Morgan fingerprint density at radius 2 is 1.71 bits per heavy atom. The van der Waals surface area contributed by atoms with Gasteiger partial charge in [-0.25, -0.2) is 5.43 Å². The third-order valence-corrected chi connectivity index (χ3v) is 4.99. The molecule has 0 unspecified atom stereocenters. The van der Waals surface area contributed by atoms with Crippen molar-refractivity contribution in [2.75, 3.05) is 14.2 Å². The Bertz CT molecular complexity index is 1280. The molecular weight excluding hydrogens is 392 g/mol. The van der Waals surface area contributed by atoms with Crippen LogP contribution >= 0.6 is 0 Å². The molecule has 7 heteroatoms. The number of hydrazone groups is 1. The minimum Gasteiger partial charge on any atom is -0.493 e. The lowest BCUT2D eigenvalue weighted by Gasteiger charge is -2.09. The van der Waals surface area contributed by atoms with Crippen LogP contribution in [0.3, 0.4) is 0 Å². The zero-order valence-corrected chi connectivity index (χ0v) is 17.5. The maximum atomic E-state index is 12.5. The first-order valence-corrected chi connectivity index (χ1v) is 9.70. The Morgan fingerprint density at radius 3 is 2.48 bits per heavy atom. The van der Waals surface area contributed by atoms with Gasteiger partial charge in [0.05, 0.1) is 25.6 Å². The van der Waals surface area contributed by atoms with Gasteiger partial charge in [0.15, 0.2) is 11.5 Å². The van der Waals surface area contributed by atoms with E-state index < -0.39 is 0 Å². The summed E-state index contributed by atoms with van der Waals surface area (Å²) in [6.07, 6.45) is 0. The monoisotopic (exact) mass is 414 g/mol. The van der Waals surface area contributed by atoms with Crippen LogP contribution in [0, 0.1) is 0 Å². The Kier molecular flexibility index (Phi) is 5.66. The summed E-state index contributed by atoms with van der Waals surface area (Å²) in [4.78, 5) is 12.5. The van der Waals surface area contributed by atoms with Crippen molar-refractivity contribution in [2.45, 2.75) is 6.92 Å². The van der Waals surface area contributed by atoms with Crippen molar-refractivity contribution in [3.63, 3.8) is 0 Å². The van der Waals surface area contributed by atoms with Crippen LogP contribution in [0.2, 0.25) is 0 Å². The Balaban J connectivity index is 1.49. The molecule has 0 fully saturated rings. The van der Waals surface area contributed by atoms with Gasteiger partial charge in [-0.1, -0.05) is 36.4 Å². The normalized spacial score (nSPS) is 11.4. The Labute approximate surface area is 179 Å². The predicted octanol–water partition coefficient (Wildman–Crippen LogP) is 4.40. The fraction of sp³-hybridized carbons (Fsp3) is 0.125. The van der Waals surface area contributed by atoms with Crippen LogP contribution in [0.1, 0.15) is 23.0 Å². The molecule has 0 aliphatic rings. The highest BCUT2D eigenvalue weighted by Crippen LogP contribution is 2.28. The fourth-order valence-electron chi connectivity index (χ4n) is 3.26. The van der Waals surface area contributed by atoms with E-state index in [1.165, 1.54) is 0 Å². The number of nitrogens with zero attached hydrogens (tertiary/aromatic N) is 2. The minimum absolute atomic E-state index is 0.326. The molecule has 0 aliphatic carbocycles. The molecule has 0 atom stereocenters. The van der Waals surface area contributed by atoms with Crippen LogP contribution in [0.5, 0.6) is 11.5 Å².